The van der Waals surface area contributed by atoms with Crippen molar-refractivity contribution < 1.29 is 14.7 Å². The lowest BCUT2D eigenvalue weighted by atomic mass is 9.85. The lowest BCUT2D eigenvalue weighted by molar-refractivity contribution is -0.144. The second-order valence-corrected chi connectivity index (χ2v) is 6.51. The van der Waals surface area contributed by atoms with E-state index >= 15 is 0 Å². The fraction of sp³-hybridized carbons (Fsp3) is 0.733. The van der Waals surface area contributed by atoms with Crippen LogP contribution >= 0.6 is 0 Å². The SMILES string of the molecule is CC(C)CC(C)(O)CN1C(=O)[C@H]2CC=CC[C@H]2C1=O. The molecule has 2 aliphatic rings. The van der Waals surface area contributed by atoms with Crippen molar-refractivity contribution in [2.45, 2.75) is 45.6 Å². The number of allylic oxidation sites excluding steroid dienone is 2. The Morgan fingerprint density at radius 1 is 1.26 bits per heavy atom. The van der Waals surface area contributed by atoms with Crippen LogP contribution in [0.15, 0.2) is 12.2 Å². The molecule has 0 radical (unpaired) electrons. The summed E-state index contributed by atoms with van der Waals surface area (Å²) in [5.41, 5.74) is -1.000. The molecule has 1 unspecified atom stereocenters. The highest BCUT2D eigenvalue weighted by Gasteiger charge is 2.48. The Labute approximate surface area is 114 Å². The molecule has 0 aromatic rings. The van der Waals surface area contributed by atoms with Crippen LogP contribution in [0, 0.1) is 17.8 Å². The Morgan fingerprint density at radius 3 is 2.16 bits per heavy atom. The Kier molecular flexibility index (Phi) is 3.81. The van der Waals surface area contributed by atoms with E-state index in [1.165, 1.54) is 4.90 Å². The Morgan fingerprint density at radius 2 is 1.74 bits per heavy atom. The van der Waals surface area contributed by atoms with Crippen LogP contribution in [-0.4, -0.2) is 34.0 Å². The molecule has 1 heterocycles. The summed E-state index contributed by atoms with van der Waals surface area (Å²) in [6.45, 7) is 5.86. The van der Waals surface area contributed by atoms with Crippen molar-refractivity contribution in [2.24, 2.45) is 17.8 Å². The number of imide groups is 1. The molecule has 4 nitrogen and oxygen atoms in total. The van der Waals surface area contributed by atoms with Crippen LogP contribution < -0.4 is 0 Å². The van der Waals surface area contributed by atoms with E-state index in [-0.39, 0.29) is 30.2 Å². The fourth-order valence-electron chi connectivity index (χ4n) is 3.31. The van der Waals surface area contributed by atoms with Gasteiger partial charge in [-0.3, -0.25) is 14.5 Å². The summed E-state index contributed by atoms with van der Waals surface area (Å²) in [5, 5.41) is 10.4. The highest BCUT2D eigenvalue weighted by molar-refractivity contribution is 6.05. The fourth-order valence-corrected chi connectivity index (χ4v) is 3.31. The maximum Gasteiger partial charge on any atom is 0.233 e. The molecule has 2 rings (SSSR count). The third-order valence-electron chi connectivity index (χ3n) is 3.95. The number of rotatable bonds is 4. The molecule has 1 aliphatic carbocycles. The number of β-amino-alcohol motifs (C(OH)–C–C–N with tert-alkyl or cyclic N) is 1. The quantitative estimate of drug-likeness (QED) is 0.622. The zero-order valence-electron chi connectivity index (χ0n) is 11.9. The summed E-state index contributed by atoms with van der Waals surface area (Å²) in [6, 6.07) is 0. The molecule has 3 atom stereocenters. The minimum Gasteiger partial charge on any atom is -0.388 e. The van der Waals surface area contributed by atoms with Gasteiger partial charge < -0.3 is 5.11 Å². The molecular formula is C15H23NO3. The van der Waals surface area contributed by atoms with Crippen LogP contribution in [0.3, 0.4) is 0 Å². The van der Waals surface area contributed by atoms with Crippen molar-refractivity contribution in [3.8, 4) is 0 Å². The number of aliphatic hydroxyl groups is 1. The molecule has 1 N–H and O–H groups in total. The Bertz CT molecular complexity index is 386. The van der Waals surface area contributed by atoms with Crippen LogP contribution in [0.1, 0.15) is 40.0 Å². The van der Waals surface area contributed by atoms with Crippen LogP contribution in [0.25, 0.3) is 0 Å². The van der Waals surface area contributed by atoms with E-state index in [0.717, 1.165) is 0 Å². The summed E-state index contributed by atoms with van der Waals surface area (Å²) in [7, 11) is 0. The van der Waals surface area contributed by atoms with Gasteiger partial charge in [0.1, 0.15) is 0 Å². The standard InChI is InChI=1S/C15H23NO3/c1-10(2)8-15(3,19)9-16-13(17)11-6-4-5-7-12(11)14(16)18/h4-5,10-12,19H,6-9H2,1-3H3/t11-,12+,15?. The van der Waals surface area contributed by atoms with Crippen LogP contribution in [0.4, 0.5) is 0 Å². The van der Waals surface area contributed by atoms with Gasteiger partial charge in [-0.05, 0) is 32.1 Å². The molecule has 0 aromatic heterocycles. The smallest absolute Gasteiger partial charge is 0.233 e. The van der Waals surface area contributed by atoms with Crippen molar-refractivity contribution in [1.82, 2.24) is 4.90 Å². The maximum absolute atomic E-state index is 12.3. The van der Waals surface area contributed by atoms with Gasteiger partial charge >= 0.3 is 0 Å². The summed E-state index contributed by atoms with van der Waals surface area (Å²) in [6.07, 6.45) is 5.83. The normalized spacial score (nSPS) is 29.8. The predicted octanol–water partition coefficient (Wildman–Crippen LogP) is 1.73. The second-order valence-electron chi connectivity index (χ2n) is 6.51. The molecular weight excluding hydrogens is 242 g/mol. The van der Waals surface area contributed by atoms with Crippen molar-refractivity contribution >= 4 is 11.8 Å². The Hall–Kier alpha value is -1.16. The molecule has 2 amide bonds. The number of carbonyl (C=O) groups excluding carboxylic acids is 2. The molecule has 0 aromatic carbocycles. The number of fused-ring (bicyclic) bond motifs is 1. The van der Waals surface area contributed by atoms with E-state index in [2.05, 4.69) is 0 Å². The van der Waals surface area contributed by atoms with Gasteiger partial charge in [-0.25, -0.2) is 0 Å². The zero-order chi connectivity index (χ0) is 14.2. The third kappa shape index (κ3) is 2.89. The molecule has 0 bridgehead atoms. The van der Waals surface area contributed by atoms with Gasteiger partial charge in [0, 0.05) is 0 Å². The van der Waals surface area contributed by atoms with E-state index in [9.17, 15) is 14.7 Å². The molecule has 0 spiro atoms. The van der Waals surface area contributed by atoms with E-state index in [1.54, 1.807) is 6.92 Å². The summed E-state index contributed by atoms with van der Waals surface area (Å²) < 4.78 is 0. The van der Waals surface area contributed by atoms with Gasteiger partial charge in [0.15, 0.2) is 0 Å². The molecule has 1 aliphatic heterocycles. The Balaban J connectivity index is 2.09. The van der Waals surface area contributed by atoms with Gasteiger partial charge in [-0.15, -0.1) is 0 Å². The molecule has 0 saturated carbocycles. The predicted molar refractivity (Wildman–Crippen MR) is 72.2 cm³/mol. The minimum atomic E-state index is -1.000. The third-order valence-corrected chi connectivity index (χ3v) is 3.95. The number of amides is 2. The first-order valence-corrected chi connectivity index (χ1v) is 7.04. The molecule has 106 valence electrons. The highest BCUT2D eigenvalue weighted by atomic mass is 16.3. The van der Waals surface area contributed by atoms with E-state index < -0.39 is 5.60 Å². The summed E-state index contributed by atoms with van der Waals surface area (Å²) >= 11 is 0. The average Bonchev–Trinajstić information content (AvgIpc) is 2.53. The number of nitrogens with zero attached hydrogens (tertiary/aromatic N) is 1. The van der Waals surface area contributed by atoms with Crippen LogP contribution in [-0.2, 0) is 9.59 Å². The van der Waals surface area contributed by atoms with Gasteiger partial charge in [0.25, 0.3) is 0 Å². The largest absolute Gasteiger partial charge is 0.388 e. The van der Waals surface area contributed by atoms with E-state index in [4.69, 9.17) is 0 Å². The van der Waals surface area contributed by atoms with Gasteiger partial charge in [-0.1, -0.05) is 26.0 Å². The topological polar surface area (TPSA) is 57.6 Å². The lowest BCUT2D eigenvalue weighted by Crippen LogP contribution is -2.45. The average molecular weight is 265 g/mol. The van der Waals surface area contributed by atoms with Crippen molar-refractivity contribution in [1.29, 1.82) is 0 Å². The lowest BCUT2D eigenvalue weighted by Gasteiger charge is -2.29. The van der Waals surface area contributed by atoms with Crippen molar-refractivity contribution in [3.63, 3.8) is 0 Å². The van der Waals surface area contributed by atoms with Gasteiger partial charge in [-0.2, -0.15) is 0 Å². The summed E-state index contributed by atoms with van der Waals surface area (Å²) in [5.74, 6) is -0.293. The minimum absolute atomic E-state index is 0.108. The first kappa shape index (κ1) is 14.3. The highest BCUT2D eigenvalue weighted by Crippen LogP contribution is 2.36. The first-order valence-electron chi connectivity index (χ1n) is 7.04. The molecule has 19 heavy (non-hydrogen) atoms. The van der Waals surface area contributed by atoms with E-state index in [0.29, 0.717) is 25.2 Å². The number of hydrogen-bond acceptors (Lipinski definition) is 3. The molecule has 1 fully saturated rings. The second kappa shape index (κ2) is 5.08. The summed E-state index contributed by atoms with van der Waals surface area (Å²) in [4.78, 5) is 25.8. The number of carbonyl (C=O) groups is 2. The monoisotopic (exact) mass is 265 g/mol. The van der Waals surface area contributed by atoms with Crippen LogP contribution in [0.2, 0.25) is 0 Å². The number of hydrogen-bond donors (Lipinski definition) is 1. The van der Waals surface area contributed by atoms with E-state index in [1.807, 2.05) is 26.0 Å². The van der Waals surface area contributed by atoms with Gasteiger partial charge in [0.2, 0.25) is 11.8 Å². The zero-order valence-corrected chi connectivity index (χ0v) is 11.9. The molecule has 1 saturated heterocycles. The number of likely N-dealkylation sites (tertiary alicyclic amines) is 1. The maximum atomic E-state index is 12.3. The van der Waals surface area contributed by atoms with Crippen molar-refractivity contribution in [2.75, 3.05) is 6.54 Å². The van der Waals surface area contributed by atoms with Gasteiger partial charge in [0.05, 0.1) is 24.0 Å². The van der Waals surface area contributed by atoms with Crippen LogP contribution in [0.5, 0.6) is 0 Å². The molecule has 4 heteroatoms. The first-order chi connectivity index (χ1) is 8.82. The van der Waals surface area contributed by atoms with Crippen molar-refractivity contribution in [3.05, 3.63) is 12.2 Å².